The van der Waals surface area contributed by atoms with E-state index in [0.717, 1.165) is 0 Å². The molecule has 0 aromatic rings. The standard InChI is InChI=1S/C8H9NO3/c1-2-3-4-5-6(10)8(12)9-7(5)11/h2-3,5H,4H2,1H3,(H,9,11,12). The smallest absolute Gasteiger partial charge is 0.289 e. The van der Waals surface area contributed by atoms with Crippen molar-refractivity contribution in [3.63, 3.8) is 0 Å². The van der Waals surface area contributed by atoms with Crippen LogP contribution in [0.1, 0.15) is 13.3 Å². The van der Waals surface area contributed by atoms with Crippen LogP contribution in [-0.4, -0.2) is 17.6 Å². The molecule has 2 amide bonds. The van der Waals surface area contributed by atoms with Crippen LogP contribution in [0.25, 0.3) is 0 Å². The van der Waals surface area contributed by atoms with Crippen molar-refractivity contribution in [2.75, 3.05) is 0 Å². The van der Waals surface area contributed by atoms with Crippen molar-refractivity contribution in [3.8, 4) is 0 Å². The highest BCUT2D eigenvalue weighted by molar-refractivity contribution is 6.48. The maximum absolute atomic E-state index is 11.0. The van der Waals surface area contributed by atoms with E-state index < -0.39 is 23.5 Å². The van der Waals surface area contributed by atoms with Crippen LogP contribution in [0.2, 0.25) is 0 Å². The van der Waals surface area contributed by atoms with Gasteiger partial charge in [-0.05, 0) is 13.3 Å². The highest BCUT2D eigenvalue weighted by atomic mass is 16.2. The third-order valence-corrected chi connectivity index (χ3v) is 1.70. The van der Waals surface area contributed by atoms with Crippen molar-refractivity contribution in [1.82, 2.24) is 5.32 Å². The molecule has 0 bridgehead atoms. The van der Waals surface area contributed by atoms with Gasteiger partial charge >= 0.3 is 0 Å². The van der Waals surface area contributed by atoms with Gasteiger partial charge in [-0.2, -0.15) is 0 Å². The molecule has 4 heteroatoms. The Hall–Kier alpha value is -1.45. The second kappa shape index (κ2) is 3.30. The molecule has 0 aliphatic carbocycles. The van der Waals surface area contributed by atoms with Gasteiger partial charge in [-0.1, -0.05) is 12.2 Å². The monoisotopic (exact) mass is 167 g/mol. The average molecular weight is 167 g/mol. The Labute approximate surface area is 69.6 Å². The lowest BCUT2D eigenvalue weighted by Gasteiger charge is -1.96. The summed E-state index contributed by atoms with van der Waals surface area (Å²) in [7, 11) is 0. The Bertz CT molecular complexity index is 267. The van der Waals surface area contributed by atoms with Crippen molar-refractivity contribution in [3.05, 3.63) is 12.2 Å². The lowest BCUT2D eigenvalue weighted by Crippen LogP contribution is -2.22. The molecule has 1 atom stereocenters. The minimum Gasteiger partial charge on any atom is -0.289 e. The molecule has 1 N–H and O–H groups in total. The summed E-state index contributed by atoms with van der Waals surface area (Å²) in [6, 6.07) is 0. The van der Waals surface area contributed by atoms with Crippen LogP contribution < -0.4 is 5.32 Å². The fraction of sp³-hybridized carbons (Fsp3) is 0.375. The quantitative estimate of drug-likeness (QED) is 0.268. The topological polar surface area (TPSA) is 63.2 Å². The number of allylic oxidation sites excluding steroid dienone is 2. The molecule has 0 saturated carbocycles. The summed E-state index contributed by atoms with van der Waals surface area (Å²) in [5.41, 5.74) is 0. The van der Waals surface area contributed by atoms with Crippen molar-refractivity contribution in [2.24, 2.45) is 5.92 Å². The minimum atomic E-state index is -0.798. The zero-order chi connectivity index (χ0) is 9.14. The normalized spacial score (nSPS) is 23.8. The Morgan fingerprint density at radius 3 is 2.50 bits per heavy atom. The Morgan fingerprint density at radius 2 is 2.08 bits per heavy atom. The van der Waals surface area contributed by atoms with E-state index in [1.807, 2.05) is 5.32 Å². The van der Waals surface area contributed by atoms with E-state index >= 15 is 0 Å². The van der Waals surface area contributed by atoms with Gasteiger partial charge in [-0.15, -0.1) is 0 Å². The van der Waals surface area contributed by atoms with Gasteiger partial charge in [-0.25, -0.2) is 0 Å². The second-order valence-corrected chi connectivity index (χ2v) is 2.54. The van der Waals surface area contributed by atoms with Gasteiger partial charge in [0.15, 0.2) is 0 Å². The molecule has 1 saturated heterocycles. The van der Waals surface area contributed by atoms with Crippen LogP contribution in [0, 0.1) is 5.92 Å². The number of amides is 2. The summed E-state index contributed by atoms with van der Waals surface area (Å²) < 4.78 is 0. The summed E-state index contributed by atoms with van der Waals surface area (Å²) in [6.07, 6.45) is 3.75. The number of ketones is 1. The van der Waals surface area contributed by atoms with Gasteiger partial charge in [0, 0.05) is 0 Å². The van der Waals surface area contributed by atoms with Crippen LogP contribution in [0.3, 0.4) is 0 Å². The van der Waals surface area contributed by atoms with E-state index in [4.69, 9.17) is 0 Å². The molecular formula is C8H9NO3. The molecule has 1 unspecified atom stereocenters. The number of hydrogen-bond donors (Lipinski definition) is 1. The van der Waals surface area contributed by atoms with Gasteiger partial charge in [0.1, 0.15) is 5.92 Å². The molecule has 1 aliphatic rings. The van der Waals surface area contributed by atoms with Gasteiger partial charge in [0.2, 0.25) is 11.7 Å². The first-order chi connectivity index (χ1) is 5.66. The zero-order valence-electron chi connectivity index (χ0n) is 6.66. The number of carbonyl (C=O) groups is 3. The van der Waals surface area contributed by atoms with E-state index in [0.29, 0.717) is 6.42 Å². The SMILES string of the molecule is CC=CCC1C(=O)NC(=O)C1=O. The van der Waals surface area contributed by atoms with Gasteiger partial charge < -0.3 is 0 Å². The molecule has 12 heavy (non-hydrogen) atoms. The van der Waals surface area contributed by atoms with Gasteiger partial charge in [0.25, 0.3) is 5.91 Å². The Kier molecular flexibility index (Phi) is 2.38. The van der Waals surface area contributed by atoms with E-state index in [1.165, 1.54) is 0 Å². The third-order valence-electron chi connectivity index (χ3n) is 1.70. The lowest BCUT2D eigenvalue weighted by molar-refractivity contribution is -0.136. The predicted octanol–water partition coefficient (Wildman–Crippen LogP) is -0.206. The van der Waals surface area contributed by atoms with E-state index in [-0.39, 0.29) is 0 Å². The second-order valence-electron chi connectivity index (χ2n) is 2.54. The molecule has 0 aromatic heterocycles. The summed E-state index contributed by atoms with van der Waals surface area (Å²) in [4.78, 5) is 32.5. The Balaban J connectivity index is 2.70. The first kappa shape index (κ1) is 8.64. The number of hydrogen-bond acceptors (Lipinski definition) is 3. The zero-order valence-corrected chi connectivity index (χ0v) is 6.66. The predicted molar refractivity (Wildman–Crippen MR) is 41.1 cm³/mol. The first-order valence-corrected chi connectivity index (χ1v) is 3.67. The van der Waals surface area contributed by atoms with Crippen LogP contribution in [0.5, 0.6) is 0 Å². The van der Waals surface area contributed by atoms with E-state index in [9.17, 15) is 14.4 Å². The number of nitrogens with one attached hydrogen (secondary N) is 1. The van der Waals surface area contributed by atoms with Gasteiger partial charge in [-0.3, -0.25) is 19.7 Å². The summed E-state index contributed by atoms with van der Waals surface area (Å²) in [6.45, 7) is 1.79. The summed E-state index contributed by atoms with van der Waals surface area (Å²) >= 11 is 0. The van der Waals surface area contributed by atoms with Crippen molar-refractivity contribution in [1.29, 1.82) is 0 Å². The van der Waals surface area contributed by atoms with Crippen molar-refractivity contribution < 1.29 is 14.4 Å². The molecular weight excluding hydrogens is 158 g/mol. The number of rotatable bonds is 2. The fourth-order valence-corrected chi connectivity index (χ4v) is 1.02. The number of carbonyl (C=O) groups excluding carboxylic acids is 3. The molecule has 0 radical (unpaired) electrons. The summed E-state index contributed by atoms with van der Waals surface area (Å²) in [5.74, 6) is -2.69. The fourth-order valence-electron chi connectivity index (χ4n) is 1.02. The Morgan fingerprint density at radius 1 is 1.42 bits per heavy atom. The maximum atomic E-state index is 11.0. The van der Waals surface area contributed by atoms with Crippen LogP contribution >= 0.6 is 0 Å². The van der Waals surface area contributed by atoms with Crippen molar-refractivity contribution in [2.45, 2.75) is 13.3 Å². The first-order valence-electron chi connectivity index (χ1n) is 3.67. The highest BCUT2D eigenvalue weighted by Gasteiger charge is 2.38. The average Bonchev–Trinajstić information content (AvgIpc) is 2.25. The third kappa shape index (κ3) is 1.42. The molecule has 4 nitrogen and oxygen atoms in total. The summed E-state index contributed by atoms with van der Waals surface area (Å²) in [5, 5.41) is 1.96. The molecule has 64 valence electrons. The van der Waals surface area contributed by atoms with Crippen LogP contribution in [0.4, 0.5) is 0 Å². The molecule has 0 spiro atoms. The van der Waals surface area contributed by atoms with Crippen LogP contribution in [-0.2, 0) is 14.4 Å². The number of Topliss-reactive ketones (excluding diaryl/α,β-unsaturated/α-hetero) is 1. The lowest BCUT2D eigenvalue weighted by atomic mass is 10.0. The molecule has 1 aliphatic heterocycles. The largest absolute Gasteiger partial charge is 0.294 e. The molecule has 0 aromatic carbocycles. The highest BCUT2D eigenvalue weighted by Crippen LogP contribution is 2.11. The number of imide groups is 1. The molecule has 1 rings (SSSR count). The van der Waals surface area contributed by atoms with Gasteiger partial charge in [0.05, 0.1) is 0 Å². The molecule has 1 heterocycles. The van der Waals surface area contributed by atoms with Crippen LogP contribution in [0.15, 0.2) is 12.2 Å². The minimum absolute atomic E-state index is 0.312. The van der Waals surface area contributed by atoms with Crippen molar-refractivity contribution >= 4 is 17.6 Å². The van der Waals surface area contributed by atoms with E-state index in [2.05, 4.69) is 0 Å². The molecule has 1 fully saturated rings. The van der Waals surface area contributed by atoms with E-state index in [1.54, 1.807) is 19.1 Å². The maximum Gasteiger partial charge on any atom is 0.294 e.